The first kappa shape index (κ1) is 21.2. The smallest absolute Gasteiger partial charge is 0.279 e. The standard InChI is InChI=1S/C20H23Cl2N3O2/c1-13-4-7-16(8-5-13)24-20(27)12-25(3)11-19(26)23-14(2)15-6-9-17(21)18(22)10-15/h4-10,14H,11-12H2,1-3H3,(H,23,26)(H,24,27)/p+1/t14-/m1/s1. The van der Waals surface area contributed by atoms with Gasteiger partial charge in [0.05, 0.1) is 23.1 Å². The number of hydrogen-bond acceptors (Lipinski definition) is 2. The number of hydrogen-bond donors (Lipinski definition) is 3. The van der Waals surface area contributed by atoms with E-state index in [1.165, 1.54) is 0 Å². The van der Waals surface area contributed by atoms with Gasteiger partial charge in [-0.2, -0.15) is 0 Å². The van der Waals surface area contributed by atoms with Gasteiger partial charge in [-0.15, -0.1) is 0 Å². The van der Waals surface area contributed by atoms with Gasteiger partial charge in [0.15, 0.2) is 13.1 Å². The van der Waals surface area contributed by atoms with Gasteiger partial charge in [0.1, 0.15) is 0 Å². The van der Waals surface area contributed by atoms with E-state index in [0.29, 0.717) is 10.0 Å². The molecule has 0 saturated heterocycles. The molecule has 2 amide bonds. The largest absolute Gasteiger partial charge is 0.345 e. The monoisotopic (exact) mass is 408 g/mol. The molecule has 2 aromatic rings. The number of nitrogens with one attached hydrogen (secondary N) is 3. The van der Waals surface area contributed by atoms with Gasteiger partial charge in [0, 0.05) is 5.69 Å². The second-order valence-electron chi connectivity index (χ2n) is 6.69. The van der Waals surface area contributed by atoms with Gasteiger partial charge in [-0.05, 0) is 43.7 Å². The normalized spacial score (nSPS) is 12.9. The summed E-state index contributed by atoms with van der Waals surface area (Å²) in [7, 11) is 1.80. The van der Waals surface area contributed by atoms with Crippen molar-refractivity contribution in [2.45, 2.75) is 19.9 Å². The van der Waals surface area contributed by atoms with Gasteiger partial charge < -0.3 is 15.5 Å². The maximum Gasteiger partial charge on any atom is 0.279 e. The lowest BCUT2D eigenvalue weighted by atomic mass is 10.1. The molecule has 7 heteroatoms. The second kappa shape index (κ2) is 9.74. The number of carbonyl (C=O) groups excluding carboxylic acids is 2. The number of rotatable bonds is 7. The first-order chi connectivity index (χ1) is 12.7. The Hall–Kier alpha value is -2.08. The van der Waals surface area contributed by atoms with Gasteiger partial charge in [0.25, 0.3) is 11.8 Å². The molecule has 0 aliphatic rings. The zero-order valence-corrected chi connectivity index (χ0v) is 17.1. The van der Waals surface area contributed by atoms with Gasteiger partial charge in [-0.1, -0.05) is 47.0 Å². The zero-order chi connectivity index (χ0) is 20.0. The predicted molar refractivity (Wildman–Crippen MR) is 109 cm³/mol. The summed E-state index contributed by atoms with van der Waals surface area (Å²) in [6.45, 7) is 4.24. The highest BCUT2D eigenvalue weighted by atomic mass is 35.5. The van der Waals surface area contributed by atoms with E-state index in [4.69, 9.17) is 23.2 Å². The van der Waals surface area contributed by atoms with Crippen molar-refractivity contribution in [3.05, 3.63) is 63.6 Å². The summed E-state index contributed by atoms with van der Waals surface area (Å²) in [5.41, 5.74) is 2.74. The van der Waals surface area contributed by atoms with Crippen LogP contribution in [0, 0.1) is 6.92 Å². The molecule has 2 rings (SSSR count). The van der Waals surface area contributed by atoms with Crippen molar-refractivity contribution < 1.29 is 14.5 Å². The van der Waals surface area contributed by atoms with Crippen LogP contribution in [-0.2, 0) is 9.59 Å². The van der Waals surface area contributed by atoms with Crippen LogP contribution in [0.4, 0.5) is 5.69 Å². The van der Waals surface area contributed by atoms with Crippen LogP contribution in [0.25, 0.3) is 0 Å². The van der Waals surface area contributed by atoms with Crippen LogP contribution < -0.4 is 15.5 Å². The Morgan fingerprint density at radius 2 is 1.63 bits per heavy atom. The highest BCUT2D eigenvalue weighted by molar-refractivity contribution is 6.42. The average molecular weight is 409 g/mol. The molecule has 0 fully saturated rings. The zero-order valence-electron chi connectivity index (χ0n) is 15.6. The van der Waals surface area contributed by atoms with E-state index in [1.807, 2.05) is 44.2 Å². The number of aryl methyl sites for hydroxylation is 1. The van der Waals surface area contributed by atoms with Crippen molar-refractivity contribution in [1.82, 2.24) is 5.32 Å². The summed E-state index contributed by atoms with van der Waals surface area (Å²) >= 11 is 11.9. The quantitative estimate of drug-likeness (QED) is 0.659. The number of carbonyl (C=O) groups is 2. The molecule has 2 aromatic carbocycles. The van der Waals surface area contributed by atoms with Crippen LogP contribution in [0.1, 0.15) is 24.1 Å². The Balaban J connectivity index is 1.81. The highest BCUT2D eigenvalue weighted by Crippen LogP contribution is 2.25. The topological polar surface area (TPSA) is 62.6 Å². The fourth-order valence-electron chi connectivity index (χ4n) is 2.61. The lowest BCUT2D eigenvalue weighted by molar-refractivity contribution is -0.862. The Labute approximate surface area is 169 Å². The first-order valence-electron chi connectivity index (χ1n) is 8.66. The molecule has 5 nitrogen and oxygen atoms in total. The number of quaternary nitrogens is 1. The van der Waals surface area contributed by atoms with E-state index in [1.54, 1.807) is 19.2 Å². The first-order valence-corrected chi connectivity index (χ1v) is 9.42. The molecule has 0 aromatic heterocycles. The predicted octanol–water partition coefficient (Wildman–Crippen LogP) is 2.63. The Morgan fingerprint density at radius 3 is 2.26 bits per heavy atom. The maximum atomic E-state index is 12.2. The maximum absolute atomic E-state index is 12.2. The molecule has 144 valence electrons. The molecule has 0 aliphatic carbocycles. The van der Waals surface area contributed by atoms with Crippen LogP contribution in [0.15, 0.2) is 42.5 Å². The molecule has 0 saturated carbocycles. The minimum atomic E-state index is -0.207. The third kappa shape index (κ3) is 6.86. The summed E-state index contributed by atoms with van der Waals surface area (Å²) in [4.78, 5) is 25.1. The molecular weight excluding hydrogens is 385 g/mol. The molecule has 0 spiro atoms. The van der Waals surface area contributed by atoms with E-state index in [9.17, 15) is 9.59 Å². The van der Waals surface area contributed by atoms with E-state index in [2.05, 4.69) is 10.6 Å². The minimum absolute atomic E-state index is 0.137. The molecular formula is C20H24Cl2N3O2+. The van der Waals surface area contributed by atoms with Crippen molar-refractivity contribution in [1.29, 1.82) is 0 Å². The fraction of sp³-hybridized carbons (Fsp3) is 0.300. The molecule has 0 bridgehead atoms. The Bertz CT molecular complexity index is 809. The van der Waals surface area contributed by atoms with Gasteiger partial charge >= 0.3 is 0 Å². The summed E-state index contributed by atoms with van der Waals surface area (Å²) in [6, 6.07) is 12.6. The molecule has 0 aliphatic heterocycles. The number of benzene rings is 2. The Morgan fingerprint density at radius 1 is 1.00 bits per heavy atom. The second-order valence-corrected chi connectivity index (χ2v) is 7.50. The van der Waals surface area contributed by atoms with Crippen LogP contribution >= 0.6 is 23.2 Å². The van der Waals surface area contributed by atoms with E-state index in [0.717, 1.165) is 21.7 Å². The van der Waals surface area contributed by atoms with Crippen LogP contribution in [0.5, 0.6) is 0 Å². The van der Waals surface area contributed by atoms with Crippen LogP contribution in [-0.4, -0.2) is 32.0 Å². The SMILES string of the molecule is Cc1ccc(NC(=O)C[NH+](C)CC(=O)N[C@H](C)c2ccc(Cl)c(Cl)c2)cc1. The lowest BCUT2D eigenvalue weighted by Gasteiger charge is -2.17. The molecule has 3 N–H and O–H groups in total. The van der Waals surface area contributed by atoms with Crippen molar-refractivity contribution in [2.24, 2.45) is 0 Å². The van der Waals surface area contributed by atoms with E-state index < -0.39 is 0 Å². The number of halogens is 2. The molecule has 27 heavy (non-hydrogen) atoms. The lowest BCUT2D eigenvalue weighted by Crippen LogP contribution is -3.11. The number of likely N-dealkylation sites (N-methyl/N-ethyl adjacent to an activating group) is 1. The van der Waals surface area contributed by atoms with Crippen molar-refractivity contribution in [3.8, 4) is 0 Å². The Kier molecular flexibility index (Phi) is 7.66. The third-order valence-electron chi connectivity index (χ3n) is 4.08. The van der Waals surface area contributed by atoms with E-state index >= 15 is 0 Å². The molecule has 1 unspecified atom stereocenters. The van der Waals surface area contributed by atoms with Gasteiger partial charge in [-0.25, -0.2) is 0 Å². The molecule has 0 radical (unpaired) electrons. The van der Waals surface area contributed by atoms with Crippen molar-refractivity contribution in [2.75, 3.05) is 25.5 Å². The average Bonchev–Trinajstić information content (AvgIpc) is 2.58. The van der Waals surface area contributed by atoms with Crippen molar-refractivity contribution >= 4 is 40.7 Å². The summed E-state index contributed by atoms with van der Waals surface area (Å²) in [5, 5.41) is 6.67. The number of anilines is 1. The van der Waals surface area contributed by atoms with Crippen molar-refractivity contribution in [3.63, 3.8) is 0 Å². The molecule has 0 heterocycles. The van der Waals surface area contributed by atoms with Gasteiger partial charge in [-0.3, -0.25) is 9.59 Å². The van der Waals surface area contributed by atoms with Crippen LogP contribution in [0.2, 0.25) is 10.0 Å². The molecule has 2 atom stereocenters. The van der Waals surface area contributed by atoms with Gasteiger partial charge in [0.2, 0.25) is 0 Å². The highest BCUT2D eigenvalue weighted by Gasteiger charge is 2.17. The van der Waals surface area contributed by atoms with E-state index in [-0.39, 0.29) is 30.9 Å². The minimum Gasteiger partial charge on any atom is -0.345 e. The fourth-order valence-corrected chi connectivity index (χ4v) is 2.92. The summed E-state index contributed by atoms with van der Waals surface area (Å²) in [5.74, 6) is -0.282. The summed E-state index contributed by atoms with van der Waals surface area (Å²) in [6.07, 6.45) is 0. The van der Waals surface area contributed by atoms with Crippen LogP contribution in [0.3, 0.4) is 0 Å². The summed E-state index contributed by atoms with van der Waals surface area (Å²) < 4.78 is 0. The third-order valence-corrected chi connectivity index (χ3v) is 4.82. The number of amides is 2.